The van der Waals surface area contributed by atoms with E-state index < -0.39 is 24.2 Å². The Kier molecular flexibility index (Phi) is 7.74. The summed E-state index contributed by atoms with van der Waals surface area (Å²) >= 11 is 0. The molecular weight excluding hydrogens is 416 g/mol. The van der Waals surface area contributed by atoms with Gasteiger partial charge >= 0.3 is 5.97 Å². The van der Waals surface area contributed by atoms with Crippen LogP contribution in [-0.4, -0.2) is 68.6 Å². The number of ether oxygens (including phenoxy) is 1. The van der Waals surface area contributed by atoms with E-state index in [0.29, 0.717) is 17.0 Å². The number of carbonyl (C=O) groups excluding carboxylic acids is 2. The molecule has 32 heavy (non-hydrogen) atoms. The topological polar surface area (TPSA) is 142 Å². The maximum atomic E-state index is 12.4. The second kappa shape index (κ2) is 10.3. The lowest BCUT2D eigenvalue weighted by Gasteiger charge is -2.31. The van der Waals surface area contributed by atoms with Crippen LogP contribution in [0.2, 0.25) is 0 Å². The van der Waals surface area contributed by atoms with Gasteiger partial charge in [0, 0.05) is 24.3 Å². The van der Waals surface area contributed by atoms with Gasteiger partial charge in [0.25, 0.3) is 11.8 Å². The van der Waals surface area contributed by atoms with Crippen LogP contribution in [0.25, 0.3) is 0 Å². The van der Waals surface area contributed by atoms with Gasteiger partial charge in [-0.15, -0.1) is 0 Å². The molecule has 0 saturated carbocycles. The van der Waals surface area contributed by atoms with Gasteiger partial charge in [-0.3, -0.25) is 14.4 Å². The van der Waals surface area contributed by atoms with Crippen molar-refractivity contribution in [3.63, 3.8) is 0 Å². The van der Waals surface area contributed by atoms with Gasteiger partial charge in [-0.1, -0.05) is 11.8 Å². The molecule has 2 aromatic heterocycles. The van der Waals surface area contributed by atoms with E-state index in [9.17, 15) is 19.5 Å². The maximum absolute atomic E-state index is 12.4. The first-order valence-electron chi connectivity index (χ1n) is 9.54. The zero-order chi connectivity index (χ0) is 23.9. The summed E-state index contributed by atoms with van der Waals surface area (Å²) in [7, 11) is 1.71. The van der Waals surface area contributed by atoms with Gasteiger partial charge in [0.1, 0.15) is 30.3 Å². The van der Waals surface area contributed by atoms with Crippen LogP contribution in [0.15, 0.2) is 30.6 Å². The van der Waals surface area contributed by atoms with Crippen LogP contribution in [0, 0.1) is 11.8 Å². The number of aromatic hydroxyl groups is 1. The Bertz CT molecular complexity index is 1060. The lowest BCUT2D eigenvalue weighted by atomic mass is 10.1. The van der Waals surface area contributed by atoms with E-state index in [2.05, 4.69) is 27.1 Å². The molecule has 0 fully saturated rings. The van der Waals surface area contributed by atoms with Crippen LogP contribution in [0.4, 0.5) is 0 Å². The number of aliphatic carboxylic acids is 1. The summed E-state index contributed by atoms with van der Waals surface area (Å²) < 4.78 is 5.47. The van der Waals surface area contributed by atoms with Crippen molar-refractivity contribution in [2.45, 2.75) is 26.3 Å². The predicted molar refractivity (Wildman–Crippen MR) is 114 cm³/mol. The highest BCUT2D eigenvalue weighted by molar-refractivity contribution is 5.96. The van der Waals surface area contributed by atoms with Crippen LogP contribution in [0.5, 0.6) is 11.5 Å². The van der Waals surface area contributed by atoms with Crippen molar-refractivity contribution >= 4 is 17.8 Å². The fourth-order valence-electron chi connectivity index (χ4n) is 2.26. The first-order chi connectivity index (χ1) is 15.0. The summed E-state index contributed by atoms with van der Waals surface area (Å²) in [5.74, 6) is 3.25. The second-order valence-corrected chi connectivity index (χ2v) is 7.67. The van der Waals surface area contributed by atoms with Crippen LogP contribution >= 0.6 is 0 Å². The van der Waals surface area contributed by atoms with E-state index >= 15 is 0 Å². The molecule has 10 heteroatoms. The molecule has 0 atom stereocenters. The number of carbonyl (C=O) groups is 3. The van der Waals surface area contributed by atoms with Gasteiger partial charge in [0.15, 0.2) is 5.69 Å². The average molecular weight is 440 g/mol. The molecule has 0 saturated heterocycles. The number of carboxylic acid groups (broad SMARTS) is 1. The Morgan fingerprint density at radius 3 is 2.47 bits per heavy atom. The van der Waals surface area contributed by atoms with Crippen LogP contribution < -0.4 is 10.1 Å². The summed E-state index contributed by atoms with van der Waals surface area (Å²) in [5.41, 5.74) is 0.0127. The van der Waals surface area contributed by atoms with Gasteiger partial charge in [0.05, 0.1) is 6.20 Å². The molecule has 0 bridgehead atoms. The lowest BCUT2D eigenvalue weighted by molar-refractivity contribution is -0.135. The Hall–Kier alpha value is -4.13. The van der Waals surface area contributed by atoms with E-state index in [1.807, 2.05) is 20.8 Å². The van der Waals surface area contributed by atoms with Crippen LogP contribution in [-0.2, 0) is 4.79 Å². The third-order valence-electron chi connectivity index (χ3n) is 4.29. The summed E-state index contributed by atoms with van der Waals surface area (Å²) in [6.45, 7) is 5.21. The van der Waals surface area contributed by atoms with Crippen molar-refractivity contribution < 1.29 is 29.3 Å². The molecule has 0 aliphatic rings. The lowest BCUT2D eigenvalue weighted by Crippen LogP contribution is -2.42. The van der Waals surface area contributed by atoms with Crippen LogP contribution in [0.3, 0.4) is 0 Å². The number of nitrogens with one attached hydrogen (secondary N) is 1. The van der Waals surface area contributed by atoms with Gasteiger partial charge in [0.2, 0.25) is 0 Å². The van der Waals surface area contributed by atoms with Crippen molar-refractivity contribution in [1.29, 1.82) is 0 Å². The molecule has 0 spiro atoms. The fourth-order valence-corrected chi connectivity index (χ4v) is 2.26. The van der Waals surface area contributed by atoms with Crippen molar-refractivity contribution in [1.82, 2.24) is 20.2 Å². The van der Waals surface area contributed by atoms with Crippen molar-refractivity contribution in [2.75, 3.05) is 20.2 Å². The molecule has 2 rings (SSSR count). The normalized spacial score (nSPS) is 10.5. The van der Waals surface area contributed by atoms with E-state index in [0.717, 1.165) is 0 Å². The fraction of sp³-hybridized carbons (Fsp3) is 0.318. The molecule has 0 radical (unpaired) electrons. The van der Waals surface area contributed by atoms with Crippen molar-refractivity contribution in [3.8, 4) is 23.3 Å². The quantitative estimate of drug-likeness (QED) is 0.571. The number of pyridine rings is 2. The molecule has 3 N–H and O–H groups in total. The minimum Gasteiger partial charge on any atom is -0.505 e. The van der Waals surface area contributed by atoms with Crippen molar-refractivity contribution in [3.05, 3.63) is 47.5 Å². The minimum absolute atomic E-state index is 0.0124. The minimum atomic E-state index is -1.21. The SMILES string of the molecule is CN(C(=O)c1ccc(OCC#Cc2cnc(C(=O)NCC(=O)O)c(O)c2)cn1)C(C)(C)C. The highest BCUT2D eigenvalue weighted by atomic mass is 16.5. The van der Waals surface area contributed by atoms with Crippen molar-refractivity contribution in [2.24, 2.45) is 0 Å². The van der Waals surface area contributed by atoms with E-state index in [4.69, 9.17) is 9.84 Å². The molecule has 0 aromatic carbocycles. The molecule has 2 heterocycles. The Morgan fingerprint density at radius 2 is 1.91 bits per heavy atom. The van der Waals surface area contributed by atoms with E-state index in [1.54, 1.807) is 24.1 Å². The van der Waals surface area contributed by atoms with Gasteiger partial charge in [-0.25, -0.2) is 9.97 Å². The molecule has 0 unspecified atom stereocenters. The van der Waals surface area contributed by atoms with E-state index in [-0.39, 0.29) is 23.7 Å². The number of hydrogen-bond acceptors (Lipinski definition) is 7. The Labute approximate surface area is 185 Å². The number of nitrogens with zero attached hydrogens (tertiary/aromatic N) is 3. The number of amides is 2. The maximum Gasteiger partial charge on any atom is 0.322 e. The predicted octanol–water partition coefficient (Wildman–Crippen LogP) is 1.30. The largest absolute Gasteiger partial charge is 0.505 e. The second-order valence-electron chi connectivity index (χ2n) is 7.67. The molecule has 10 nitrogen and oxygen atoms in total. The number of aromatic nitrogens is 2. The highest BCUT2D eigenvalue weighted by Gasteiger charge is 2.24. The molecule has 0 aliphatic heterocycles. The zero-order valence-corrected chi connectivity index (χ0v) is 18.2. The first-order valence-corrected chi connectivity index (χ1v) is 9.54. The molecule has 168 valence electrons. The smallest absolute Gasteiger partial charge is 0.322 e. The van der Waals surface area contributed by atoms with E-state index in [1.165, 1.54) is 18.5 Å². The summed E-state index contributed by atoms with van der Waals surface area (Å²) in [6.07, 6.45) is 2.71. The Morgan fingerprint density at radius 1 is 1.19 bits per heavy atom. The zero-order valence-electron chi connectivity index (χ0n) is 18.2. The number of carboxylic acids is 1. The first kappa shape index (κ1) is 24.1. The third kappa shape index (κ3) is 6.70. The van der Waals surface area contributed by atoms with Crippen LogP contribution in [0.1, 0.15) is 47.3 Å². The number of rotatable bonds is 6. The van der Waals surface area contributed by atoms with Gasteiger partial charge < -0.3 is 25.2 Å². The molecular formula is C22H24N4O6. The Balaban J connectivity index is 1.94. The third-order valence-corrected chi connectivity index (χ3v) is 4.29. The molecule has 2 amide bonds. The molecule has 2 aromatic rings. The summed E-state index contributed by atoms with van der Waals surface area (Å²) in [6, 6.07) is 4.43. The highest BCUT2D eigenvalue weighted by Crippen LogP contribution is 2.17. The van der Waals surface area contributed by atoms with Gasteiger partial charge in [-0.05, 0) is 39.0 Å². The standard InChI is InChI=1S/C22H24N4O6/c1-22(2,3)26(4)21(31)16-8-7-15(12-23-16)32-9-5-6-14-10-17(27)19(24-11-14)20(30)25-13-18(28)29/h7-8,10-12,27H,9,13H2,1-4H3,(H,25,30)(H,28,29). The summed E-state index contributed by atoms with van der Waals surface area (Å²) in [5, 5.41) is 20.6. The monoisotopic (exact) mass is 440 g/mol. The summed E-state index contributed by atoms with van der Waals surface area (Å²) in [4.78, 5) is 44.2. The molecule has 0 aliphatic carbocycles. The average Bonchev–Trinajstić information content (AvgIpc) is 2.74. The van der Waals surface area contributed by atoms with Gasteiger partial charge in [-0.2, -0.15) is 0 Å². The number of hydrogen-bond donors (Lipinski definition) is 3.